The number of carbonyl (C=O) groups is 1. The van der Waals surface area contributed by atoms with Crippen molar-refractivity contribution in [2.45, 2.75) is 25.3 Å². The number of ether oxygens (including phenoxy) is 2. The van der Waals surface area contributed by atoms with Gasteiger partial charge in [0, 0.05) is 12.0 Å². The summed E-state index contributed by atoms with van der Waals surface area (Å²) in [6.07, 6.45) is -5.04. The minimum atomic E-state index is -4.46. The number of rotatable bonds is 5. The molecule has 7 heteroatoms. The minimum absolute atomic E-state index is 0.117. The first-order valence-electron chi connectivity index (χ1n) is 9.81. The third-order valence-electron chi connectivity index (χ3n) is 5.07. The van der Waals surface area contributed by atoms with Gasteiger partial charge in [-0.2, -0.15) is 13.2 Å². The van der Waals surface area contributed by atoms with E-state index in [1.54, 1.807) is 24.3 Å². The topological polar surface area (TPSA) is 47.6 Å². The molecule has 31 heavy (non-hydrogen) atoms. The number of fused-ring (bicyclic) bond motifs is 1. The van der Waals surface area contributed by atoms with Crippen LogP contribution in [0.4, 0.5) is 18.0 Å². The van der Waals surface area contributed by atoms with Crippen molar-refractivity contribution < 1.29 is 27.4 Å². The summed E-state index contributed by atoms with van der Waals surface area (Å²) in [5, 5.41) is 2.66. The third kappa shape index (κ3) is 4.82. The van der Waals surface area contributed by atoms with Crippen LogP contribution in [0.1, 0.15) is 16.7 Å². The van der Waals surface area contributed by atoms with Gasteiger partial charge in [0.25, 0.3) is 0 Å². The molecule has 4 rings (SSSR count). The van der Waals surface area contributed by atoms with Gasteiger partial charge >= 0.3 is 12.3 Å². The Morgan fingerprint density at radius 2 is 1.68 bits per heavy atom. The summed E-state index contributed by atoms with van der Waals surface area (Å²) < 4.78 is 51.5. The number of hydrogen-bond donors (Lipinski definition) is 1. The van der Waals surface area contributed by atoms with Crippen LogP contribution in [0.25, 0.3) is 11.1 Å². The van der Waals surface area contributed by atoms with Gasteiger partial charge in [0.05, 0.1) is 12.1 Å². The predicted octanol–water partition coefficient (Wildman–Crippen LogP) is 5.60. The van der Waals surface area contributed by atoms with E-state index in [2.05, 4.69) is 5.32 Å². The van der Waals surface area contributed by atoms with Crippen LogP contribution in [-0.2, 0) is 23.9 Å². The summed E-state index contributed by atoms with van der Waals surface area (Å²) in [5.74, 6) is 0.527. The summed E-state index contributed by atoms with van der Waals surface area (Å²) in [5.41, 5.74) is 1.49. The SMILES string of the molecule is O=C(NCC1Cc2c(cccc2-c2ccccc2C(F)(F)F)O1)OCc1ccccc1. The van der Waals surface area contributed by atoms with Crippen LogP contribution >= 0.6 is 0 Å². The number of carbonyl (C=O) groups excluding carboxylic acids is 1. The number of nitrogens with one attached hydrogen (secondary N) is 1. The van der Waals surface area contributed by atoms with E-state index in [-0.39, 0.29) is 18.7 Å². The van der Waals surface area contributed by atoms with Crippen LogP contribution in [-0.4, -0.2) is 18.7 Å². The molecule has 0 aliphatic carbocycles. The quantitative estimate of drug-likeness (QED) is 0.576. The van der Waals surface area contributed by atoms with Crippen molar-refractivity contribution in [2.24, 2.45) is 0 Å². The van der Waals surface area contributed by atoms with Gasteiger partial charge < -0.3 is 14.8 Å². The first kappa shape index (κ1) is 20.8. The molecule has 0 spiro atoms. The first-order chi connectivity index (χ1) is 14.9. The third-order valence-corrected chi connectivity index (χ3v) is 5.07. The van der Waals surface area contributed by atoms with E-state index in [0.29, 0.717) is 23.3 Å². The fourth-order valence-corrected chi connectivity index (χ4v) is 3.64. The molecule has 1 unspecified atom stereocenters. The van der Waals surface area contributed by atoms with Gasteiger partial charge in [0.1, 0.15) is 18.5 Å². The van der Waals surface area contributed by atoms with Crippen molar-refractivity contribution in [3.05, 3.63) is 89.5 Å². The molecular formula is C24H20F3NO3. The molecule has 160 valence electrons. The number of alkyl carbamates (subject to hydrolysis) is 1. The fourth-order valence-electron chi connectivity index (χ4n) is 3.64. The standard InChI is InChI=1S/C24H20F3NO3/c25-24(26,27)21-11-5-4-9-19(21)18-10-6-12-22-20(18)13-17(31-22)14-28-23(29)30-15-16-7-2-1-3-8-16/h1-12,17H,13-15H2,(H,28,29). The van der Waals surface area contributed by atoms with Crippen molar-refractivity contribution in [3.8, 4) is 16.9 Å². The second-order valence-corrected chi connectivity index (χ2v) is 7.21. The minimum Gasteiger partial charge on any atom is -0.488 e. The lowest BCUT2D eigenvalue weighted by Gasteiger charge is -2.14. The Balaban J connectivity index is 1.42. The Morgan fingerprint density at radius 3 is 2.45 bits per heavy atom. The molecule has 1 atom stereocenters. The summed E-state index contributed by atoms with van der Waals surface area (Å²) in [7, 11) is 0. The van der Waals surface area contributed by atoms with Gasteiger partial charge in [-0.1, -0.05) is 60.7 Å². The molecule has 1 aliphatic heterocycles. The summed E-state index contributed by atoms with van der Waals surface area (Å²) >= 11 is 0. The molecule has 4 nitrogen and oxygen atoms in total. The molecular weight excluding hydrogens is 407 g/mol. The van der Waals surface area contributed by atoms with Crippen molar-refractivity contribution >= 4 is 6.09 Å². The molecule has 0 bridgehead atoms. The molecule has 0 radical (unpaired) electrons. The van der Waals surface area contributed by atoms with Crippen LogP contribution in [0.2, 0.25) is 0 Å². The van der Waals surface area contributed by atoms with Gasteiger partial charge in [-0.15, -0.1) is 0 Å². The smallest absolute Gasteiger partial charge is 0.417 e. The predicted molar refractivity (Wildman–Crippen MR) is 110 cm³/mol. The first-order valence-corrected chi connectivity index (χ1v) is 9.81. The highest BCUT2D eigenvalue weighted by Gasteiger charge is 2.35. The van der Waals surface area contributed by atoms with Crippen molar-refractivity contribution in [1.29, 1.82) is 0 Å². The highest BCUT2D eigenvalue weighted by molar-refractivity contribution is 5.74. The molecule has 3 aromatic rings. The van der Waals surface area contributed by atoms with Crippen molar-refractivity contribution in [2.75, 3.05) is 6.54 Å². The Morgan fingerprint density at radius 1 is 0.968 bits per heavy atom. The van der Waals surface area contributed by atoms with Crippen LogP contribution in [0.5, 0.6) is 5.75 Å². The van der Waals surface area contributed by atoms with Crippen LogP contribution in [0, 0.1) is 0 Å². The van der Waals surface area contributed by atoms with Gasteiger partial charge in [-0.05, 0) is 28.8 Å². The normalized spacial score (nSPS) is 15.1. The zero-order valence-electron chi connectivity index (χ0n) is 16.5. The van der Waals surface area contributed by atoms with Crippen LogP contribution in [0.3, 0.4) is 0 Å². The number of halogens is 3. The molecule has 1 N–H and O–H groups in total. The molecule has 3 aromatic carbocycles. The van der Waals surface area contributed by atoms with Gasteiger partial charge in [0.15, 0.2) is 0 Å². The van der Waals surface area contributed by atoms with Gasteiger partial charge in [0.2, 0.25) is 0 Å². The highest BCUT2D eigenvalue weighted by atomic mass is 19.4. The lowest BCUT2D eigenvalue weighted by atomic mass is 9.93. The molecule has 0 saturated carbocycles. The zero-order chi connectivity index (χ0) is 21.8. The van der Waals surface area contributed by atoms with E-state index < -0.39 is 23.9 Å². The number of benzene rings is 3. The van der Waals surface area contributed by atoms with E-state index in [1.807, 2.05) is 30.3 Å². The van der Waals surface area contributed by atoms with E-state index in [4.69, 9.17) is 9.47 Å². The maximum Gasteiger partial charge on any atom is 0.417 e. The number of hydrogen-bond acceptors (Lipinski definition) is 3. The maximum absolute atomic E-state index is 13.5. The Labute approximate surface area is 177 Å². The lowest BCUT2D eigenvalue weighted by Crippen LogP contribution is -2.34. The average Bonchev–Trinajstić information content (AvgIpc) is 3.19. The summed E-state index contributed by atoms with van der Waals surface area (Å²) in [6, 6.07) is 19.8. The van der Waals surface area contributed by atoms with Gasteiger partial charge in [-0.3, -0.25) is 0 Å². The maximum atomic E-state index is 13.5. The zero-order valence-corrected chi connectivity index (χ0v) is 16.5. The molecule has 1 aliphatic rings. The summed E-state index contributed by atoms with van der Waals surface area (Å²) in [4.78, 5) is 12.0. The second-order valence-electron chi connectivity index (χ2n) is 7.21. The molecule has 1 heterocycles. The monoisotopic (exact) mass is 427 g/mol. The van der Waals surface area contributed by atoms with Crippen molar-refractivity contribution in [1.82, 2.24) is 5.32 Å². The van der Waals surface area contributed by atoms with E-state index in [9.17, 15) is 18.0 Å². The van der Waals surface area contributed by atoms with E-state index in [1.165, 1.54) is 12.1 Å². The number of alkyl halides is 3. The number of amides is 1. The van der Waals surface area contributed by atoms with E-state index in [0.717, 1.165) is 11.6 Å². The molecule has 1 amide bonds. The average molecular weight is 427 g/mol. The fraction of sp³-hybridized carbons (Fsp3) is 0.208. The Hall–Kier alpha value is -3.48. The van der Waals surface area contributed by atoms with Crippen molar-refractivity contribution in [3.63, 3.8) is 0 Å². The molecule has 0 saturated heterocycles. The van der Waals surface area contributed by atoms with Crippen LogP contribution in [0.15, 0.2) is 72.8 Å². The van der Waals surface area contributed by atoms with Gasteiger partial charge in [-0.25, -0.2) is 4.79 Å². The second kappa shape index (κ2) is 8.71. The molecule has 0 aromatic heterocycles. The lowest BCUT2D eigenvalue weighted by molar-refractivity contribution is -0.137. The Bertz CT molecular complexity index is 1070. The largest absolute Gasteiger partial charge is 0.488 e. The highest BCUT2D eigenvalue weighted by Crippen LogP contribution is 2.42. The Kier molecular flexibility index (Phi) is 5.84. The van der Waals surface area contributed by atoms with E-state index >= 15 is 0 Å². The van der Waals surface area contributed by atoms with Crippen LogP contribution < -0.4 is 10.1 Å². The molecule has 0 fully saturated rings. The summed E-state index contributed by atoms with van der Waals surface area (Å²) in [6.45, 7) is 0.333.